The molecule has 1 aliphatic rings. The van der Waals surface area contributed by atoms with Crippen molar-refractivity contribution in [3.05, 3.63) is 12.3 Å². The van der Waals surface area contributed by atoms with Gasteiger partial charge in [0, 0.05) is 13.2 Å². The number of ether oxygens (including phenoxy) is 3. The van der Waals surface area contributed by atoms with Crippen LogP contribution < -0.4 is 0 Å². The van der Waals surface area contributed by atoms with Gasteiger partial charge in [-0.25, -0.2) is 0 Å². The molecule has 106 valence electrons. The molecule has 4 heteroatoms. The standard InChI is InChI=1S/C14H26O4/c1-3-5-8-16-12-7-10-17-13(11-15)14(12)18-9-6-4-2/h7,10,12-15H,3-6,8-9,11H2,1-2H3/t12-,13-,14+/m1/s1. The van der Waals surface area contributed by atoms with Crippen molar-refractivity contribution in [3.63, 3.8) is 0 Å². The molecule has 0 fully saturated rings. The highest BCUT2D eigenvalue weighted by atomic mass is 16.6. The maximum absolute atomic E-state index is 9.31. The van der Waals surface area contributed by atoms with Gasteiger partial charge < -0.3 is 19.3 Å². The van der Waals surface area contributed by atoms with E-state index in [9.17, 15) is 5.11 Å². The largest absolute Gasteiger partial charge is 0.493 e. The fraction of sp³-hybridized carbons (Fsp3) is 0.857. The SMILES string of the molecule is CCCCO[C@H]1[C@H](OCCCC)C=CO[C@@H]1CO. The zero-order valence-corrected chi connectivity index (χ0v) is 11.5. The Morgan fingerprint density at radius 2 is 1.78 bits per heavy atom. The van der Waals surface area contributed by atoms with E-state index in [2.05, 4.69) is 13.8 Å². The van der Waals surface area contributed by atoms with Gasteiger partial charge in [0.25, 0.3) is 0 Å². The molecule has 0 saturated heterocycles. The van der Waals surface area contributed by atoms with Crippen LogP contribution in [0.1, 0.15) is 39.5 Å². The molecule has 0 aliphatic carbocycles. The van der Waals surface area contributed by atoms with E-state index < -0.39 is 0 Å². The number of hydrogen-bond acceptors (Lipinski definition) is 4. The van der Waals surface area contributed by atoms with Gasteiger partial charge in [-0.2, -0.15) is 0 Å². The van der Waals surface area contributed by atoms with E-state index in [0.717, 1.165) is 32.3 Å². The summed E-state index contributed by atoms with van der Waals surface area (Å²) in [5.74, 6) is 0. The van der Waals surface area contributed by atoms with Gasteiger partial charge in [-0.05, 0) is 18.9 Å². The molecule has 0 amide bonds. The number of aliphatic hydroxyl groups is 1. The van der Waals surface area contributed by atoms with Gasteiger partial charge >= 0.3 is 0 Å². The van der Waals surface area contributed by atoms with E-state index in [-0.39, 0.29) is 24.9 Å². The minimum Gasteiger partial charge on any atom is -0.493 e. The smallest absolute Gasteiger partial charge is 0.150 e. The first kappa shape index (κ1) is 15.5. The van der Waals surface area contributed by atoms with Crippen molar-refractivity contribution in [1.29, 1.82) is 0 Å². The van der Waals surface area contributed by atoms with Crippen LogP contribution in [0.25, 0.3) is 0 Å². The van der Waals surface area contributed by atoms with Gasteiger partial charge in [-0.1, -0.05) is 26.7 Å². The molecular formula is C14H26O4. The second-order valence-corrected chi connectivity index (χ2v) is 4.56. The summed E-state index contributed by atoms with van der Waals surface area (Å²) in [6, 6.07) is 0. The van der Waals surface area contributed by atoms with Crippen LogP contribution >= 0.6 is 0 Å². The maximum atomic E-state index is 9.31. The lowest BCUT2D eigenvalue weighted by Crippen LogP contribution is -2.45. The summed E-state index contributed by atoms with van der Waals surface area (Å²) in [7, 11) is 0. The lowest BCUT2D eigenvalue weighted by atomic mass is 10.1. The average Bonchev–Trinajstić information content (AvgIpc) is 2.40. The molecule has 4 nitrogen and oxygen atoms in total. The highest BCUT2D eigenvalue weighted by molar-refractivity contribution is 4.98. The van der Waals surface area contributed by atoms with E-state index in [0.29, 0.717) is 6.61 Å². The van der Waals surface area contributed by atoms with Crippen molar-refractivity contribution in [2.45, 2.75) is 57.8 Å². The molecule has 1 rings (SSSR count). The monoisotopic (exact) mass is 258 g/mol. The van der Waals surface area contributed by atoms with Crippen LogP contribution in [0.2, 0.25) is 0 Å². The molecule has 18 heavy (non-hydrogen) atoms. The van der Waals surface area contributed by atoms with Crippen LogP contribution in [0.15, 0.2) is 12.3 Å². The third-order valence-corrected chi connectivity index (χ3v) is 3.01. The zero-order chi connectivity index (χ0) is 13.2. The minimum absolute atomic E-state index is 0.0469. The van der Waals surface area contributed by atoms with E-state index in [1.165, 1.54) is 0 Å². The third kappa shape index (κ3) is 4.96. The van der Waals surface area contributed by atoms with Gasteiger partial charge in [-0.15, -0.1) is 0 Å². The normalized spacial score (nSPS) is 27.2. The lowest BCUT2D eigenvalue weighted by molar-refractivity contribution is -0.132. The second-order valence-electron chi connectivity index (χ2n) is 4.56. The molecular weight excluding hydrogens is 232 g/mol. The first-order valence-corrected chi connectivity index (χ1v) is 6.99. The molecule has 0 bridgehead atoms. The highest BCUT2D eigenvalue weighted by Gasteiger charge is 2.33. The van der Waals surface area contributed by atoms with Crippen LogP contribution in [0, 0.1) is 0 Å². The van der Waals surface area contributed by atoms with Crippen LogP contribution in [-0.2, 0) is 14.2 Å². The van der Waals surface area contributed by atoms with Crippen LogP contribution in [0.5, 0.6) is 0 Å². The van der Waals surface area contributed by atoms with Gasteiger partial charge in [0.1, 0.15) is 18.3 Å². The van der Waals surface area contributed by atoms with Crippen LogP contribution in [0.3, 0.4) is 0 Å². The Bertz CT molecular complexity index is 230. The molecule has 0 saturated carbocycles. The molecule has 0 aromatic heterocycles. The van der Waals surface area contributed by atoms with E-state index in [4.69, 9.17) is 14.2 Å². The summed E-state index contributed by atoms with van der Waals surface area (Å²) in [5.41, 5.74) is 0. The Balaban J connectivity index is 2.47. The summed E-state index contributed by atoms with van der Waals surface area (Å²) in [4.78, 5) is 0. The summed E-state index contributed by atoms with van der Waals surface area (Å²) in [6.45, 7) is 5.61. The van der Waals surface area contributed by atoms with Crippen molar-refractivity contribution < 1.29 is 19.3 Å². The van der Waals surface area contributed by atoms with Gasteiger partial charge in [0.2, 0.25) is 0 Å². The van der Waals surface area contributed by atoms with Crippen molar-refractivity contribution in [2.75, 3.05) is 19.8 Å². The summed E-state index contributed by atoms with van der Waals surface area (Å²) >= 11 is 0. The molecule has 1 heterocycles. The first-order chi connectivity index (χ1) is 8.83. The second kappa shape index (κ2) is 9.36. The average molecular weight is 258 g/mol. The predicted molar refractivity (Wildman–Crippen MR) is 70.4 cm³/mol. The fourth-order valence-corrected chi connectivity index (χ4v) is 1.85. The Hall–Kier alpha value is -0.580. The summed E-state index contributed by atoms with van der Waals surface area (Å²) < 4.78 is 17.0. The van der Waals surface area contributed by atoms with Crippen LogP contribution in [-0.4, -0.2) is 43.2 Å². The minimum atomic E-state index is -0.321. The highest BCUT2D eigenvalue weighted by Crippen LogP contribution is 2.19. The molecule has 0 aromatic rings. The lowest BCUT2D eigenvalue weighted by Gasteiger charge is -2.33. The molecule has 3 atom stereocenters. The van der Waals surface area contributed by atoms with Crippen molar-refractivity contribution in [3.8, 4) is 0 Å². The molecule has 1 N–H and O–H groups in total. The van der Waals surface area contributed by atoms with Gasteiger partial charge in [0.05, 0.1) is 12.9 Å². The summed E-state index contributed by atoms with van der Waals surface area (Å²) in [5, 5.41) is 9.31. The van der Waals surface area contributed by atoms with E-state index in [1.54, 1.807) is 6.26 Å². The van der Waals surface area contributed by atoms with Crippen LogP contribution in [0.4, 0.5) is 0 Å². The predicted octanol–water partition coefficient (Wildman–Crippen LogP) is 2.26. The number of unbranched alkanes of at least 4 members (excludes halogenated alkanes) is 2. The van der Waals surface area contributed by atoms with Crippen molar-refractivity contribution in [2.24, 2.45) is 0 Å². The molecule has 0 unspecified atom stereocenters. The number of rotatable bonds is 9. The molecule has 0 radical (unpaired) electrons. The molecule has 1 aliphatic heterocycles. The molecule has 0 aromatic carbocycles. The van der Waals surface area contributed by atoms with Crippen molar-refractivity contribution >= 4 is 0 Å². The third-order valence-electron chi connectivity index (χ3n) is 3.01. The van der Waals surface area contributed by atoms with E-state index in [1.807, 2.05) is 6.08 Å². The quantitative estimate of drug-likeness (QED) is 0.644. The first-order valence-electron chi connectivity index (χ1n) is 6.99. The molecule has 0 spiro atoms. The topological polar surface area (TPSA) is 47.9 Å². The van der Waals surface area contributed by atoms with E-state index >= 15 is 0 Å². The fourth-order valence-electron chi connectivity index (χ4n) is 1.85. The number of hydrogen-bond donors (Lipinski definition) is 1. The van der Waals surface area contributed by atoms with Gasteiger partial charge in [0.15, 0.2) is 0 Å². The zero-order valence-electron chi connectivity index (χ0n) is 11.5. The van der Waals surface area contributed by atoms with Crippen molar-refractivity contribution in [1.82, 2.24) is 0 Å². The Labute approximate surface area is 110 Å². The Kier molecular flexibility index (Phi) is 8.05. The Morgan fingerprint density at radius 3 is 2.39 bits per heavy atom. The van der Waals surface area contributed by atoms with Gasteiger partial charge in [-0.3, -0.25) is 0 Å². The summed E-state index contributed by atoms with van der Waals surface area (Å²) in [6.07, 6.45) is 7.10. The Morgan fingerprint density at radius 1 is 1.11 bits per heavy atom. The maximum Gasteiger partial charge on any atom is 0.150 e. The number of aliphatic hydroxyl groups excluding tert-OH is 1.